The lowest BCUT2D eigenvalue weighted by Gasteiger charge is -2.37. The van der Waals surface area contributed by atoms with Crippen molar-refractivity contribution in [3.63, 3.8) is 0 Å². The fraction of sp³-hybridized carbons (Fsp3) is 0.459. The summed E-state index contributed by atoms with van der Waals surface area (Å²) >= 11 is 0. The van der Waals surface area contributed by atoms with Crippen molar-refractivity contribution in [3.05, 3.63) is 120 Å². The van der Waals surface area contributed by atoms with Gasteiger partial charge in [0.15, 0.2) is 8.32 Å². The minimum atomic E-state index is -1.78. The molecule has 0 saturated carbocycles. The predicted molar refractivity (Wildman–Crippen MR) is 176 cm³/mol. The Labute approximate surface area is 250 Å². The van der Waals surface area contributed by atoms with Crippen LogP contribution in [0, 0.1) is 11.8 Å². The van der Waals surface area contributed by atoms with E-state index in [2.05, 4.69) is 120 Å². The van der Waals surface area contributed by atoms with Crippen molar-refractivity contribution >= 4 is 8.32 Å². The van der Waals surface area contributed by atoms with Crippen LogP contribution >= 0.6 is 0 Å². The van der Waals surface area contributed by atoms with E-state index < -0.39 is 20.0 Å². The van der Waals surface area contributed by atoms with E-state index in [-0.39, 0.29) is 16.9 Å². The molecule has 0 aliphatic carbocycles. The van der Waals surface area contributed by atoms with E-state index in [1.807, 2.05) is 24.3 Å². The Hall–Kier alpha value is -2.50. The summed E-state index contributed by atoms with van der Waals surface area (Å²) < 4.78 is 13.5. The summed E-state index contributed by atoms with van der Waals surface area (Å²) in [6.07, 6.45) is 4.72. The maximum Gasteiger partial charge on any atom is 0.191 e. The third-order valence-corrected chi connectivity index (χ3v) is 13.6. The van der Waals surface area contributed by atoms with Gasteiger partial charge in [0, 0.05) is 13.2 Å². The van der Waals surface area contributed by atoms with E-state index in [1.54, 1.807) is 0 Å². The van der Waals surface area contributed by atoms with Crippen LogP contribution in [0.3, 0.4) is 0 Å². The number of hydrogen-bond acceptors (Lipinski definition) is 3. The highest BCUT2D eigenvalue weighted by Gasteiger charge is 2.38. The van der Waals surface area contributed by atoms with E-state index in [4.69, 9.17) is 9.16 Å². The number of ether oxygens (including phenoxy) is 1. The van der Waals surface area contributed by atoms with Crippen LogP contribution < -0.4 is 0 Å². The lowest BCUT2D eigenvalue weighted by molar-refractivity contribution is -0.00592. The normalized spacial score (nSPS) is 14.8. The average molecular weight is 573 g/mol. The second-order valence-electron chi connectivity index (χ2n) is 12.9. The molecule has 1 unspecified atom stereocenters. The van der Waals surface area contributed by atoms with Gasteiger partial charge in [0.1, 0.15) is 5.60 Å². The Morgan fingerprint density at radius 1 is 0.780 bits per heavy atom. The molecule has 0 heterocycles. The molecule has 0 aliphatic rings. The molecule has 0 amide bonds. The molecule has 222 valence electrons. The van der Waals surface area contributed by atoms with E-state index in [1.165, 1.54) is 0 Å². The van der Waals surface area contributed by atoms with Gasteiger partial charge >= 0.3 is 0 Å². The Kier molecular flexibility index (Phi) is 12.2. The maximum atomic E-state index is 11.1. The number of aliphatic hydroxyl groups is 1. The van der Waals surface area contributed by atoms with Crippen LogP contribution in [0.1, 0.15) is 70.1 Å². The Morgan fingerprint density at radius 3 is 1.66 bits per heavy atom. The standard InChI is InChI=1S/C37H52O3Si/c1-8-19-35(38)34(26-18-28-40-41(6,7)36(3,4)5)30(2)27-29-39-37(31-20-12-9-13-21-31,32-22-14-10-15-23-32)33-24-16-11-17-25-33/h8-17,20-25,30,34-35,38H,1,18-19,26-29H2,2-7H3/t30-,34+,35?/m0/s1. The highest BCUT2D eigenvalue weighted by atomic mass is 28.4. The zero-order valence-electron chi connectivity index (χ0n) is 26.2. The molecule has 3 aromatic rings. The van der Waals surface area contributed by atoms with Crippen LogP contribution in [0.4, 0.5) is 0 Å². The monoisotopic (exact) mass is 572 g/mol. The quantitative estimate of drug-likeness (QED) is 0.0804. The summed E-state index contributed by atoms with van der Waals surface area (Å²) in [5, 5.41) is 11.3. The third-order valence-electron chi connectivity index (χ3n) is 9.02. The van der Waals surface area contributed by atoms with Gasteiger partial charge in [-0.15, -0.1) is 6.58 Å². The van der Waals surface area contributed by atoms with E-state index in [0.29, 0.717) is 13.0 Å². The molecule has 4 heteroatoms. The molecular formula is C37H52O3Si. The smallest absolute Gasteiger partial charge is 0.191 e. The largest absolute Gasteiger partial charge is 0.417 e. The Bertz CT molecular complexity index is 1060. The first-order valence-electron chi connectivity index (χ1n) is 15.3. The highest BCUT2D eigenvalue weighted by Crippen LogP contribution is 2.41. The van der Waals surface area contributed by atoms with E-state index in [9.17, 15) is 5.11 Å². The number of benzene rings is 3. The van der Waals surface area contributed by atoms with Crippen LogP contribution in [0.2, 0.25) is 18.1 Å². The van der Waals surface area contributed by atoms with E-state index >= 15 is 0 Å². The second kappa shape index (κ2) is 15.1. The molecule has 41 heavy (non-hydrogen) atoms. The first-order valence-corrected chi connectivity index (χ1v) is 18.2. The number of hydrogen-bond donors (Lipinski definition) is 1. The van der Waals surface area contributed by atoms with Crippen molar-refractivity contribution in [2.45, 2.75) is 83.2 Å². The van der Waals surface area contributed by atoms with Crippen LogP contribution in [-0.4, -0.2) is 32.7 Å². The van der Waals surface area contributed by atoms with Crippen LogP contribution in [0.15, 0.2) is 104 Å². The van der Waals surface area contributed by atoms with Crippen molar-refractivity contribution in [1.29, 1.82) is 0 Å². The summed E-state index contributed by atoms with van der Waals surface area (Å²) in [5.41, 5.74) is 2.60. The van der Waals surface area contributed by atoms with Crippen LogP contribution in [0.25, 0.3) is 0 Å². The summed E-state index contributed by atoms with van der Waals surface area (Å²) in [4.78, 5) is 0. The van der Waals surface area contributed by atoms with E-state index in [0.717, 1.165) is 42.6 Å². The summed E-state index contributed by atoms with van der Waals surface area (Å²) in [5.74, 6) is 0.428. The summed E-state index contributed by atoms with van der Waals surface area (Å²) in [6, 6.07) is 31.5. The molecule has 0 radical (unpaired) electrons. The zero-order valence-corrected chi connectivity index (χ0v) is 27.2. The molecule has 3 rings (SSSR count). The fourth-order valence-electron chi connectivity index (χ4n) is 5.45. The molecule has 0 fully saturated rings. The summed E-state index contributed by atoms with van der Waals surface area (Å²) in [6.45, 7) is 18.9. The minimum Gasteiger partial charge on any atom is -0.417 e. The highest BCUT2D eigenvalue weighted by molar-refractivity contribution is 6.74. The molecule has 3 aromatic carbocycles. The molecule has 3 atom stereocenters. The third kappa shape index (κ3) is 8.51. The number of aliphatic hydroxyl groups excluding tert-OH is 1. The van der Waals surface area contributed by atoms with Crippen molar-refractivity contribution in [3.8, 4) is 0 Å². The van der Waals surface area contributed by atoms with Gasteiger partial charge in [-0.05, 0) is 72.3 Å². The molecule has 0 bridgehead atoms. The van der Waals surface area contributed by atoms with Crippen molar-refractivity contribution < 1.29 is 14.3 Å². The Balaban J connectivity index is 1.79. The van der Waals surface area contributed by atoms with Gasteiger partial charge in [-0.1, -0.05) is 125 Å². The van der Waals surface area contributed by atoms with Gasteiger partial charge in [0.25, 0.3) is 0 Å². The molecule has 0 spiro atoms. The molecular weight excluding hydrogens is 520 g/mol. The molecule has 0 aromatic heterocycles. The van der Waals surface area contributed by atoms with Crippen LogP contribution in [0.5, 0.6) is 0 Å². The molecule has 0 aliphatic heterocycles. The lowest BCUT2D eigenvalue weighted by atomic mass is 9.79. The van der Waals surface area contributed by atoms with Crippen molar-refractivity contribution in [2.75, 3.05) is 13.2 Å². The molecule has 1 N–H and O–H groups in total. The Morgan fingerprint density at radius 2 is 1.24 bits per heavy atom. The van der Waals surface area contributed by atoms with Gasteiger partial charge in [-0.3, -0.25) is 0 Å². The second-order valence-corrected chi connectivity index (χ2v) is 17.7. The molecule has 3 nitrogen and oxygen atoms in total. The minimum absolute atomic E-state index is 0.152. The first-order chi connectivity index (χ1) is 19.5. The average Bonchev–Trinajstić information content (AvgIpc) is 2.96. The van der Waals surface area contributed by atoms with Crippen molar-refractivity contribution in [2.24, 2.45) is 11.8 Å². The fourth-order valence-corrected chi connectivity index (χ4v) is 6.53. The SMILES string of the molecule is C=CCC(O)[C@H](CCCO[Si](C)(C)C(C)(C)C)[C@@H](C)CCOC(c1ccccc1)(c1ccccc1)c1ccccc1. The van der Waals surface area contributed by atoms with Gasteiger partial charge in [-0.25, -0.2) is 0 Å². The zero-order chi connectivity index (χ0) is 29.9. The van der Waals surface area contributed by atoms with Gasteiger partial charge in [0.2, 0.25) is 0 Å². The molecule has 0 saturated heterocycles. The number of rotatable bonds is 16. The summed E-state index contributed by atoms with van der Waals surface area (Å²) in [7, 11) is -1.78. The van der Waals surface area contributed by atoms with Gasteiger partial charge in [0.05, 0.1) is 6.10 Å². The van der Waals surface area contributed by atoms with Gasteiger partial charge < -0.3 is 14.3 Å². The topological polar surface area (TPSA) is 38.7 Å². The van der Waals surface area contributed by atoms with Crippen LogP contribution in [-0.2, 0) is 14.8 Å². The van der Waals surface area contributed by atoms with Gasteiger partial charge in [-0.2, -0.15) is 0 Å². The van der Waals surface area contributed by atoms with Crippen molar-refractivity contribution in [1.82, 2.24) is 0 Å². The lowest BCUT2D eigenvalue weighted by Crippen LogP contribution is -2.41. The maximum absolute atomic E-state index is 11.1. The first kappa shape index (κ1) is 33.0. The predicted octanol–water partition coefficient (Wildman–Crippen LogP) is 9.38.